The Balaban J connectivity index is 1.86. The molecule has 0 fully saturated rings. The van der Waals surface area contributed by atoms with Gasteiger partial charge in [0.05, 0.1) is 19.0 Å². The van der Waals surface area contributed by atoms with Gasteiger partial charge in [0.25, 0.3) is 5.56 Å². The predicted molar refractivity (Wildman–Crippen MR) is 113 cm³/mol. The first-order valence-corrected chi connectivity index (χ1v) is 10.2. The van der Waals surface area contributed by atoms with E-state index in [1.165, 1.54) is 36.6 Å². The molecule has 0 aliphatic heterocycles. The third-order valence-electron chi connectivity index (χ3n) is 4.76. The highest BCUT2D eigenvalue weighted by molar-refractivity contribution is 7.17. The highest BCUT2D eigenvalue weighted by Gasteiger charge is 2.20. The molecule has 3 heterocycles. The van der Waals surface area contributed by atoms with E-state index in [1.54, 1.807) is 22.8 Å². The van der Waals surface area contributed by atoms with Crippen molar-refractivity contribution in [3.05, 3.63) is 75.3 Å². The van der Waals surface area contributed by atoms with Gasteiger partial charge in [-0.1, -0.05) is 26.0 Å². The zero-order valence-corrected chi connectivity index (χ0v) is 17.5. The van der Waals surface area contributed by atoms with Gasteiger partial charge in [-0.25, -0.2) is 14.2 Å². The molecule has 154 valence electrons. The van der Waals surface area contributed by atoms with Crippen LogP contribution in [0.1, 0.15) is 41.9 Å². The summed E-state index contributed by atoms with van der Waals surface area (Å²) in [6.45, 7) is 4.05. The van der Waals surface area contributed by atoms with Gasteiger partial charge in [-0.15, -0.1) is 11.3 Å². The Kier molecular flexibility index (Phi) is 5.26. The van der Waals surface area contributed by atoms with E-state index in [0.29, 0.717) is 27.4 Å². The van der Waals surface area contributed by atoms with Crippen LogP contribution >= 0.6 is 11.3 Å². The number of carbonyl (C=O) groups is 1. The van der Waals surface area contributed by atoms with Gasteiger partial charge in [0.2, 0.25) is 5.76 Å². The maximum Gasteiger partial charge on any atom is 0.373 e. The Morgan fingerprint density at radius 3 is 2.63 bits per heavy atom. The monoisotopic (exact) mass is 426 g/mol. The number of thiophene rings is 1. The molecule has 0 aliphatic rings. The van der Waals surface area contributed by atoms with Crippen LogP contribution < -0.4 is 5.56 Å². The van der Waals surface area contributed by atoms with Crippen LogP contribution in [-0.2, 0) is 11.3 Å². The smallest absolute Gasteiger partial charge is 0.373 e. The van der Waals surface area contributed by atoms with Gasteiger partial charge in [-0.05, 0) is 29.8 Å². The van der Waals surface area contributed by atoms with Gasteiger partial charge in [0, 0.05) is 16.9 Å². The van der Waals surface area contributed by atoms with Crippen LogP contribution in [0, 0.1) is 5.82 Å². The average Bonchev–Trinajstić information content (AvgIpc) is 3.37. The lowest BCUT2D eigenvalue weighted by molar-refractivity contribution is 0.0563. The molecular formula is C22H19FN2O4S. The number of furan rings is 1. The van der Waals surface area contributed by atoms with Gasteiger partial charge in [-0.3, -0.25) is 9.36 Å². The van der Waals surface area contributed by atoms with Crippen molar-refractivity contribution in [3.8, 4) is 11.1 Å². The third-order valence-corrected chi connectivity index (χ3v) is 5.63. The number of fused-ring (bicyclic) bond motifs is 1. The Hall–Kier alpha value is -3.26. The molecule has 0 bridgehead atoms. The number of benzene rings is 1. The van der Waals surface area contributed by atoms with Gasteiger partial charge in [0.1, 0.15) is 22.2 Å². The SMILES string of the molecule is COC(=O)c1ccc(Cn2c(C(C)C)nc3scc(-c4ccc(F)cc4)c3c2=O)o1. The van der Waals surface area contributed by atoms with Crippen molar-refractivity contribution in [1.82, 2.24) is 9.55 Å². The minimum atomic E-state index is -0.581. The molecule has 0 saturated carbocycles. The summed E-state index contributed by atoms with van der Waals surface area (Å²) < 4.78 is 25.1. The maximum atomic E-state index is 13.5. The second-order valence-electron chi connectivity index (χ2n) is 7.11. The van der Waals surface area contributed by atoms with E-state index in [-0.39, 0.29) is 29.6 Å². The van der Waals surface area contributed by atoms with Crippen molar-refractivity contribution in [2.24, 2.45) is 0 Å². The summed E-state index contributed by atoms with van der Waals surface area (Å²) in [4.78, 5) is 30.5. The fraction of sp³-hybridized carbons (Fsp3) is 0.227. The van der Waals surface area contributed by atoms with Crippen molar-refractivity contribution in [1.29, 1.82) is 0 Å². The molecule has 30 heavy (non-hydrogen) atoms. The Labute approximate surface area is 175 Å². The number of esters is 1. The van der Waals surface area contributed by atoms with Crippen LogP contribution in [0.3, 0.4) is 0 Å². The van der Waals surface area contributed by atoms with Crippen LogP contribution in [0.4, 0.5) is 4.39 Å². The number of nitrogens with zero attached hydrogens (tertiary/aromatic N) is 2. The molecule has 0 amide bonds. The van der Waals surface area contributed by atoms with E-state index >= 15 is 0 Å². The standard InChI is InChI=1S/C22H19FN2O4S/c1-12(2)19-24-20-18(16(11-30-20)13-4-6-14(23)7-5-13)21(26)25(19)10-15-8-9-17(29-15)22(27)28-3/h4-9,11-12H,10H2,1-3H3. The van der Waals surface area contributed by atoms with Gasteiger partial charge >= 0.3 is 5.97 Å². The third kappa shape index (κ3) is 3.54. The molecule has 4 aromatic rings. The molecule has 0 radical (unpaired) electrons. The van der Waals surface area contributed by atoms with Crippen molar-refractivity contribution < 1.29 is 18.3 Å². The molecule has 0 atom stereocenters. The van der Waals surface area contributed by atoms with E-state index in [0.717, 1.165) is 5.56 Å². The predicted octanol–water partition coefficient (Wildman–Crippen LogP) is 4.82. The summed E-state index contributed by atoms with van der Waals surface area (Å²) in [6.07, 6.45) is 0. The zero-order valence-electron chi connectivity index (χ0n) is 16.6. The lowest BCUT2D eigenvalue weighted by atomic mass is 10.1. The van der Waals surface area contributed by atoms with Crippen molar-refractivity contribution in [2.45, 2.75) is 26.3 Å². The average molecular weight is 426 g/mol. The van der Waals surface area contributed by atoms with Gasteiger partial charge in [-0.2, -0.15) is 0 Å². The zero-order chi connectivity index (χ0) is 21.4. The molecule has 0 aliphatic carbocycles. The molecule has 4 rings (SSSR count). The molecular weight excluding hydrogens is 407 g/mol. The van der Waals surface area contributed by atoms with E-state index in [4.69, 9.17) is 9.40 Å². The van der Waals surface area contributed by atoms with Crippen LogP contribution in [-0.4, -0.2) is 22.6 Å². The van der Waals surface area contributed by atoms with Crippen LogP contribution in [0.2, 0.25) is 0 Å². The first-order valence-electron chi connectivity index (χ1n) is 9.34. The fourth-order valence-electron chi connectivity index (χ4n) is 3.30. The molecule has 6 nitrogen and oxygen atoms in total. The van der Waals surface area contributed by atoms with Crippen molar-refractivity contribution >= 4 is 27.5 Å². The molecule has 1 aromatic carbocycles. The van der Waals surface area contributed by atoms with Crippen molar-refractivity contribution in [3.63, 3.8) is 0 Å². The van der Waals surface area contributed by atoms with Gasteiger partial charge < -0.3 is 9.15 Å². The van der Waals surface area contributed by atoms with Crippen molar-refractivity contribution in [2.75, 3.05) is 7.11 Å². The second kappa shape index (κ2) is 7.87. The number of methoxy groups -OCH3 is 1. The van der Waals surface area contributed by atoms with E-state index in [9.17, 15) is 14.0 Å². The Morgan fingerprint density at radius 2 is 1.97 bits per heavy atom. The normalized spacial score (nSPS) is 11.4. The van der Waals surface area contributed by atoms with Crippen LogP contribution in [0.5, 0.6) is 0 Å². The minimum Gasteiger partial charge on any atom is -0.463 e. The molecule has 0 spiro atoms. The largest absolute Gasteiger partial charge is 0.463 e. The second-order valence-corrected chi connectivity index (χ2v) is 7.97. The summed E-state index contributed by atoms with van der Waals surface area (Å²) in [6, 6.07) is 9.18. The molecule has 0 N–H and O–H groups in total. The number of hydrogen-bond acceptors (Lipinski definition) is 6. The summed E-state index contributed by atoms with van der Waals surface area (Å²) in [5, 5.41) is 2.35. The number of aromatic nitrogens is 2. The highest BCUT2D eigenvalue weighted by Crippen LogP contribution is 2.32. The maximum absolute atomic E-state index is 13.5. The molecule has 0 saturated heterocycles. The first-order chi connectivity index (χ1) is 14.4. The molecule has 0 unspecified atom stereocenters. The highest BCUT2D eigenvalue weighted by atomic mass is 32.1. The van der Waals surface area contributed by atoms with E-state index in [2.05, 4.69) is 4.74 Å². The Bertz CT molecular complexity index is 1280. The molecule has 3 aromatic heterocycles. The van der Waals surface area contributed by atoms with Crippen LogP contribution in [0.15, 0.2) is 51.0 Å². The summed E-state index contributed by atoms with van der Waals surface area (Å²) in [7, 11) is 1.28. The Morgan fingerprint density at radius 1 is 1.23 bits per heavy atom. The number of rotatable bonds is 5. The minimum absolute atomic E-state index is 0.00601. The lowest BCUT2D eigenvalue weighted by Gasteiger charge is -2.14. The quantitative estimate of drug-likeness (QED) is 0.428. The summed E-state index contributed by atoms with van der Waals surface area (Å²) in [5.74, 6) is 0.213. The first kappa shape index (κ1) is 20.0. The number of carbonyl (C=O) groups excluding carboxylic acids is 1. The number of ether oxygens (including phenoxy) is 1. The number of halogens is 1. The topological polar surface area (TPSA) is 74.3 Å². The number of hydrogen-bond donors (Lipinski definition) is 0. The van der Waals surface area contributed by atoms with Gasteiger partial charge in [0.15, 0.2) is 0 Å². The molecule has 8 heteroatoms. The van der Waals surface area contributed by atoms with Crippen LogP contribution in [0.25, 0.3) is 21.3 Å². The lowest BCUT2D eigenvalue weighted by Crippen LogP contribution is -2.26. The summed E-state index contributed by atoms with van der Waals surface area (Å²) >= 11 is 1.38. The fourth-order valence-corrected chi connectivity index (χ4v) is 4.25. The summed E-state index contributed by atoms with van der Waals surface area (Å²) in [5.41, 5.74) is 1.25. The van der Waals surface area contributed by atoms with E-state index < -0.39 is 5.97 Å². The van der Waals surface area contributed by atoms with E-state index in [1.807, 2.05) is 19.2 Å².